The Kier molecular flexibility index (Phi) is 2.13. The molecule has 0 aliphatic rings. The maximum absolute atomic E-state index is 5.69. The predicted octanol–water partition coefficient (Wildman–Crippen LogP) is 3.17. The minimum absolute atomic E-state index is 0.639. The Morgan fingerprint density at radius 2 is 2.40 bits per heavy atom. The van der Waals surface area contributed by atoms with Crippen molar-refractivity contribution in [1.29, 1.82) is 0 Å². The van der Waals surface area contributed by atoms with Crippen LogP contribution in [0.3, 0.4) is 0 Å². The van der Waals surface area contributed by atoms with E-state index in [9.17, 15) is 0 Å². The highest BCUT2D eigenvalue weighted by molar-refractivity contribution is 6.30. The minimum atomic E-state index is 0.639. The van der Waals surface area contributed by atoms with Crippen LogP contribution in [0.1, 0.15) is 12.5 Å². The summed E-state index contributed by atoms with van der Waals surface area (Å²) in [5.74, 6) is 0. The molecule has 0 heterocycles. The quantitative estimate of drug-likeness (QED) is 0.579. The van der Waals surface area contributed by atoms with E-state index in [4.69, 9.17) is 11.6 Å². The Morgan fingerprint density at radius 1 is 1.70 bits per heavy atom. The van der Waals surface area contributed by atoms with Crippen molar-refractivity contribution < 1.29 is 0 Å². The summed E-state index contributed by atoms with van der Waals surface area (Å²) in [4.78, 5) is 0. The molecule has 10 heavy (non-hydrogen) atoms. The first-order valence-corrected chi connectivity index (χ1v) is 3.41. The fourth-order valence-electron chi connectivity index (χ4n) is 0.703. The Labute approximate surface area is 66.1 Å². The third-order valence-corrected chi connectivity index (χ3v) is 1.48. The highest BCUT2D eigenvalue weighted by Crippen LogP contribution is 2.15. The van der Waals surface area contributed by atoms with E-state index >= 15 is 0 Å². The zero-order valence-electron chi connectivity index (χ0n) is 5.82. The zero-order valence-corrected chi connectivity index (χ0v) is 6.57. The lowest BCUT2D eigenvalue weighted by Crippen LogP contribution is -1.75. The van der Waals surface area contributed by atoms with Gasteiger partial charge in [-0.05, 0) is 18.6 Å². The van der Waals surface area contributed by atoms with Crippen LogP contribution in [0.5, 0.6) is 0 Å². The molecular formula is C9H8Cl. The van der Waals surface area contributed by atoms with Gasteiger partial charge in [-0.2, -0.15) is 0 Å². The van der Waals surface area contributed by atoms with Gasteiger partial charge in [0.2, 0.25) is 0 Å². The molecule has 0 spiro atoms. The molecule has 0 unspecified atom stereocenters. The standard InChI is InChI=1S/C9H8Cl/c1-7(2)8-4-3-5-9(10)6-8/h3-4,6H,1H2,2H3. The van der Waals surface area contributed by atoms with Crippen LogP contribution in [0, 0.1) is 6.07 Å². The molecule has 0 amide bonds. The summed E-state index contributed by atoms with van der Waals surface area (Å²) in [5.41, 5.74) is 2.10. The molecule has 0 bridgehead atoms. The summed E-state index contributed by atoms with van der Waals surface area (Å²) in [6.07, 6.45) is 0. The average molecular weight is 152 g/mol. The number of allylic oxidation sites excluding steroid dienone is 1. The lowest BCUT2D eigenvalue weighted by Gasteiger charge is -1.97. The predicted molar refractivity (Wildman–Crippen MR) is 45.0 cm³/mol. The maximum atomic E-state index is 5.69. The van der Waals surface area contributed by atoms with Crippen molar-refractivity contribution in [1.82, 2.24) is 0 Å². The molecular weight excluding hydrogens is 144 g/mol. The number of benzene rings is 1. The smallest absolute Gasteiger partial charge is 0.0490 e. The molecule has 0 nitrogen and oxygen atoms in total. The van der Waals surface area contributed by atoms with Gasteiger partial charge < -0.3 is 0 Å². The van der Waals surface area contributed by atoms with Crippen molar-refractivity contribution in [3.8, 4) is 0 Å². The Balaban J connectivity index is 3.07. The fourth-order valence-corrected chi connectivity index (χ4v) is 0.883. The van der Waals surface area contributed by atoms with Crippen molar-refractivity contribution in [3.05, 3.63) is 41.4 Å². The third-order valence-electron chi connectivity index (χ3n) is 1.26. The summed E-state index contributed by atoms with van der Waals surface area (Å²) in [6.45, 7) is 5.74. The molecule has 0 N–H and O–H groups in total. The van der Waals surface area contributed by atoms with Crippen molar-refractivity contribution in [2.45, 2.75) is 6.92 Å². The van der Waals surface area contributed by atoms with Crippen LogP contribution in [0.25, 0.3) is 5.57 Å². The van der Waals surface area contributed by atoms with E-state index in [0.717, 1.165) is 11.1 Å². The van der Waals surface area contributed by atoms with Gasteiger partial charge in [0.25, 0.3) is 0 Å². The highest BCUT2D eigenvalue weighted by atomic mass is 35.5. The topological polar surface area (TPSA) is 0 Å². The van der Waals surface area contributed by atoms with Crippen molar-refractivity contribution in [3.63, 3.8) is 0 Å². The van der Waals surface area contributed by atoms with E-state index in [2.05, 4.69) is 12.6 Å². The number of hydrogen-bond acceptors (Lipinski definition) is 0. The summed E-state index contributed by atoms with van der Waals surface area (Å²) in [7, 11) is 0. The Morgan fingerprint density at radius 3 is 2.80 bits per heavy atom. The van der Waals surface area contributed by atoms with E-state index in [1.165, 1.54) is 0 Å². The lowest BCUT2D eigenvalue weighted by atomic mass is 10.1. The monoisotopic (exact) mass is 151 g/mol. The van der Waals surface area contributed by atoms with Gasteiger partial charge in [-0.3, -0.25) is 0 Å². The van der Waals surface area contributed by atoms with Crippen molar-refractivity contribution in [2.75, 3.05) is 0 Å². The Bertz CT molecular complexity index is 251. The molecule has 1 rings (SSSR count). The fraction of sp³-hybridized carbons (Fsp3) is 0.111. The normalized spacial score (nSPS) is 9.40. The molecule has 51 valence electrons. The summed E-state index contributed by atoms with van der Waals surface area (Å²) >= 11 is 5.69. The summed E-state index contributed by atoms with van der Waals surface area (Å²) in [6, 6.07) is 8.44. The Hall–Kier alpha value is -0.750. The second kappa shape index (κ2) is 2.89. The minimum Gasteiger partial charge on any atom is -0.0955 e. The van der Waals surface area contributed by atoms with Gasteiger partial charge in [0.05, 0.1) is 0 Å². The van der Waals surface area contributed by atoms with Crippen LogP contribution in [0.15, 0.2) is 24.8 Å². The van der Waals surface area contributed by atoms with Gasteiger partial charge in [-0.1, -0.05) is 35.9 Å². The van der Waals surface area contributed by atoms with Crippen LogP contribution in [-0.2, 0) is 0 Å². The first-order chi connectivity index (χ1) is 4.70. The van der Waals surface area contributed by atoms with E-state index < -0.39 is 0 Å². The first kappa shape index (κ1) is 7.36. The number of halogens is 1. The number of rotatable bonds is 1. The van der Waals surface area contributed by atoms with Gasteiger partial charge in [0.15, 0.2) is 0 Å². The van der Waals surface area contributed by atoms with Gasteiger partial charge in [-0.15, -0.1) is 0 Å². The van der Waals surface area contributed by atoms with Crippen LogP contribution in [-0.4, -0.2) is 0 Å². The zero-order chi connectivity index (χ0) is 7.56. The average Bonchev–Trinajstić information content (AvgIpc) is 1.88. The van der Waals surface area contributed by atoms with E-state index in [0.29, 0.717) is 5.02 Å². The first-order valence-electron chi connectivity index (χ1n) is 3.03. The second-order valence-electron chi connectivity index (χ2n) is 2.21. The maximum Gasteiger partial charge on any atom is 0.0490 e. The molecule has 1 heteroatoms. The van der Waals surface area contributed by atoms with Crippen LogP contribution in [0.4, 0.5) is 0 Å². The molecule has 1 aromatic carbocycles. The van der Waals surface area contributed by atoms with Crippen LogP contribution >= 0.6 is 11.6 Å². The van der Waals surface area contributed by atoms with Crippen LogP contribution < -0.4 is 0 Å². The van der Waals surface area contributed by atoms with E-state index in [1.807, 2.05) is 19.1 Å². The van der Waals surface area contributed by atoms with Gasteiger partial charge in [0, 0.05) is 11.1 Å². The summed E-state index contributed by atoms with van der Waals surface area (Å²) in [5, 5.41) is 0.639. The molecule has 1 radical (unpaired) electrons. The highest BCUT2D eigenvalue weighted by Gasteiger charge is 1.92. The largest absolute Gasteiger partial charge is 0.0955 e. The van der Waals surface area contributed by atoms with Gasteiger partial charge in [0.1, 0.15) is 0 Å². The molecule has 1 aromatic rings. The molecule has 0 atom stereocenters. The van der Waals surface area contributed by atoms with Gasteiger partial charge in [-0.25, -0.2) is 0 Å². The summed E-state index contributed by atoms with van der Waals surface area (Å²) < 4.78 is 0. The number of hydrogen-bond donors (Lipinski definition) is 0. The SMILES string of the molecule is C=C(C)c1cc[c]c(Cl)c1. The molecule has 0 aromatic heterocycles. The molecule has 0 aliphatic carbocycles. The lowest BCUT2D eigenvalue weighted by molar-refractivity contribution is 1.57. The molecule has 0 aliphatic heterocycles. The second-order valence-corrected chi connectivity index (χ2v) is 2.61. The van der Waals surface area contributed by atoms with E-state index in [-0.39, 0.29) is 0 Å². The van der Waals surface area contributed by atoms with Crippen molar-refractivity contribution >= 4 is 17.2 Å². The van der Waals surface area contributed by atoms with Crippen molar-refractivity contribution in [2.24, 2.45) is 0 Å². The van der Waals surface area contributed by atoms with E-state index in [1.54, 1.807) is 6.07 Å². The van der Waals surface area contributed by atoms with Crippen LogP contribution in [0.2, 0.25) is 5.02 Å². The molecule has 0 fully saturated rings. The molecule has 0 saturated heterocycles. The van der Waals surface area contributed by atoms with Gasteiger partial charge >= 0.3 is 0 Å². The third kappa shape index (κ3) is 1.61. The molecule has 0 saturated carbocycles.